The molecule has 0 saturated carbocycles. The van der Waals surface area contributed by atoms with E-state index in [0.29, 0.717) is 13.1 Å². The van der Waals surface area contributed by atoms with Crippen LogP contribution in [-0.4, -0.2) is 60.3 Å². The molecule has 1 amide bonds. The molecule has 3 N–H and O–H groups in total. The largest absolute Gasteiger partial charge is 0.457 e. The molecule has 0 aromatic carbocycles. The van der Waals surface area contributed by atoms with Crippen LogP contribution in [0.2, 0.25) is 6.32 Å². The molecule has 0 aliphatic carbocycles. The van der Waals surface area contributed by atoms with Gasteiger partial charge in [0, 0.05) is 25.1 Å². The highest BCUT2D eigenvalue weighted by Gasteiger charge is 2.43. The van der Waals surface area contributed by atoms with Crippen molar-refractivity contribution in [2.45, 2.75) is 51.8 Å². The smallest absolute Gasteiger partial charge is 0.409 e. The summed E-state index contributed by atoms with van der Waals surface area (Å²) in [6.45, 7) is 5.90. The quantitative estimate of drug-likeness (QED) is 0.560. The first-order valence-corrected chi connectivity index (χ1v) is 8.29. The Balaban J connectivity index is 2.01. The number of rotatable bonds is 3. The number of amides is 1. The lowest BCUT2D eigenvalue weighted by molar-refractivity contribution is -0.148. The van der Waals surface area contributed by atoms with Gasteiger partial charge in [-0.25, -0.2) is 0 Å². The van der Waals surface area contributed by atoms with Gasteiger partial charge < -0.3 is 19.3 Å². The molecule has 0 unspecified atom stereocenters. The molecule has 0 aromatic rings. The van der Waals surface area contributed by atoms with Crippen LogP contribution in [-0.2, 0) is 18.9 Å². The zero-order chi connectivity index (χ0) is 17.2. The van der Waals surface area contributed by atoms with E-state index >= 15 is 0 Å². The van der Waals surface area contributed by atoms with Gasteiger partial charge in [-0.15, -0.1) is 0 Å². The van der Waals surface area contributed by atoms with E-state index in [9.17, 15) is 14.7 Å². The summed E-state index contributed by atoms with van der Waals surface area (Å²) in [5.74, 6) is -0.702. The first-order valence-electron chi connectivity index (χ1n) is 8.29. The van der Waals surface area contributed by atoms with E-state index in [2.05, 4.69) is 0 Å². The van der Waals surface area contributed by atoms with Crippen molar-refractivity contribution in [2.24, 2.45) is 17.6 Å². The number of Topliss-reactive ketones (excluding diaryl/α,β-unsaturated/α-hetero) is 1. The minimum absolute atomic E-state index is 0.000395. The summed E-state index contributed by atoms with van der Waals surface area (Å²) in [7, 11) is -0.347. The van der Waals surface area contributed by atoms with Gasteiger partial charge in [0.2, 0.25) is 0 Å². The highest BCUT2D eigenvalue weighted by atomic mass is 16.6. The average molecular weight is 326 g/mol. The Bertz CT molecular complexity index is 452. The van der Waals surface area contributed by atoms with E-state index in [1.54, 1.807) is 0 Å². The van der Waals surface area contributed by atoms with Crippen LogP contribution in [0.1, 0.15) is 33.6 Å². The predicted octanol–water partition coefficient (Wildman–Crippen LogP) is 0.0209. The van der Waals surface area contributed by atoms with Gasteiger partial charge in [0.1, 0.15) is 0 Å². The minimum atomic E-state index is -1.90. The summed E-state index contributed by atoms with van der Waals surface area (Å²) in [5.41, 5.74) is 3.58. The van der Waals surface area contributed by atoms with Gasteiger partial charge >= 0.3 is 7.12 Å². The van der Waals surface area contributed by atoms with Crippen LogP contribution in [0.4, 0.5) is 0 Å². The molecule has 2 fully saturated rings. The summed E-state index contributed by atoms with van der Waals surface area (Å²) in [5, 5.41) is 9.68. The van der Waals surface area contributed by atoms with Crippen LogP contribution >= 0.6 is 0 Å². The van der Waals surface area contributed by atoms with Gasteiger partial charge in [-0.3, -0.25) is 15.3 Å². The number of hydrogen-bond acceptors (Lipinski definition) is 6. The summed E-state index contributed by atoms with van der Waals surface area (Å²) in [6, 6.07) is 0. The van der Waals surface area contributed by atoms with Crippen LogP contribution in [0.25, 0.3) is 0 Å². The molecule has 0 aromatic heterocycles. The molecule has 23 heavy (non-hydrogen) atoms. The fourth-order valence-corrected chi connectivity index (χ4v) is 3.34. The molecule has 2 aliphatic heterocycles. The summed E-state index contributed by atoms with van der Waals surface area (Å²) in [4.78, 5) is 26.1. The molecule has 0 radical (unpaired) electrons. The number of carbonyl (C=O) groups excluding carboxylic acids is 2. The first kappa shape index (κ1) is 18.4. The zero-order valence-corrected chi connectivity index (χ0v) is 14.2. The van der Waals surface area contributed by atoms with Crippen LogP contribution in [0.5, 0.6) is 0 Å². The molecule has 2 rings (SSSR count). The number of nitrogens with zero attached hydrogens (tertiary/aromatic N) is 1. The van der Waals surface area contributed by atoms with Crippen LogP contribution in [0, 0.1) is 11.8 Å². The number of fused-ring (bicyclic) bond motifs is 1. The van der Waals surface area contributed by atoms with Gasteiger partial charge in [-0.2, -0.15) is 0 Å². The maximum Gasteiger partial charge on any atom is 0.457 e. The van der Waals surface area contributed by atoms with Crippen molar-refractivity contribution in [2.75, 3.05) is 19.7 Å². The van der Waals surface area contributed by atoms with Gasteiger partial charge in [-0.05, 0) is 39.4 Å². The third-order valence-electron chi connectivity index (χ3n) is 4.42. The van der Waals surface area contributed by atoms with Gasteiger partial charge in [-0.1, -0.05) is 6.42 Å². The topological polar surface area (TPSA) is 102 Å². The van der Waals surface area contributed by atoms with Crippen molar-refractivity contribution in [1.29, 1.82) is 0 Å². The Morgan fingerprint density at radius 3 is 2.83 bits per heavy atom. The molecule has 2 aliphatic rings. The lowest BCUT2D eigenvalue weighted by atomic mass is 9.80. The Kier molecular flexibility index (Phi) is 5.83. The van der Waals surface area contributed by atoms with E-state index in [4.69, 9.17) is 15.0 Å². The molecule has 3 atom stereocenters. The third kappa shape index (κ3) is 4.76. The number of likely N-dealkylation sites (tertiary alicyclic amines) is 1. The van der Waals surface area contributed by atoms with E-state index in [1.165, 1.54) is 11.8 Å². The highest BCUT2D eigenvalue weighted by molar-refractivity contribution is 6.44. The first-order chi connectivity index (χ1) is 10.7. The number of carbonyl (C=O) groups is 2. The second-order valence-corrected chi connectivity index (χ2v) is 7.05. The molecular formula is C15H27BN2O5. The van der Waals surface area contributed by atoms with Crippen molar-refractivity contribution < 1.29 is 24.0 Å². The third-order valence-corrected chi connectivity index (χ3v) is 4.42. The maximum absolute atomic E-state index is 12.4. The van der Waals surface area contributed by atoms with E-state index < -0.39 is 11.6 Å². The van der Waals surface area contributed by atoms with Crippen molar-refractivity contribution in [1.82, 2.24) is 4.90 Å². The number of aliphatic hydroxyl groups is 1. The van der Waals surface area contributed by atoms with Crippen LogP contribution in [0.15, 0.2) is 0 Å². The van der Waals surface area contributed by atoms with Gasteiger partial charge in [0.25, 0.3) is 5.91 Å². The lowest BCUT2D eigenvalue weighted by Crippen LogP contribution is -2.52. The molecule has 7 nitrogen and oxygen atoms in total. The Labute approximate surface area is 137 Å². The van der Waals surface area contributed by atoms with Crippen molar-refractivity contribution in [3.8, 4) is 0 Å². The second-order valence-electron chi connectivity index (χ2n) is 7.05. The fourth-order valence-electron chi connectivity index (χ4n) is 3.34. The number of hydrogen-bond donors (Lipinski definition) is 2. The molecular weight excluding hydrogens is 299 g/mol. The van der Waals surface area contributed by atoms with Crippen LogP contribution < -0.4 is 5.73 Å². The Hall–Kier alpha value is -0.955. The molecule has 0 spiro atoms. The Morgan fingerprint density at radius 2 is 2.22 bits per heavy atom. The SMILES string of the molecule is CC(C)OB1CCC[C@H]2CN(C(=O)[C@@](C)(N)O)C[C@H]2C(=O)CO1. The van der Waals surface area contributed by atoms with Gasteiger partial charge in [0.05, 0.1) is 6.61 Å². The summed E-state index contributed by atoms with van der Waals surface area (Å²) >= 11 is 0. The molecule has 2 saturated heterocycles. The standard InChI is InChI=1S/C15H27BN2O5/c1-10(2)23-16-6-4-5-11-7-18(14(20)15(3,17)21)8-12(11)13(19)9-22-16/h10-12,21H,4-9,17H2,1-3H3/t11-,12+,15-/m0/s1. The van der Waals surface area contributed by atoms with E-state index in [-0.39, 0.29) is 37.4 Å². The van der Waals surface area contributed by atoms with Gasteiger partial charge in [0.15, 0.2) is 11.5 Å². The maximum atomic E-state index is 12.4. The molecule has 8 heteroatoms. The minimum Gasteiger partial charge on any atom is -0.409 e. The number of nitrogens with two attached hydrogens (primary N) is 1. The average Bonchev–Trinajstić information content (AvgIpc) is 2.86. The van der Waals surface area contributed by atoms with Crippen molar-refractivity contribution in [3.05, 3.63) is 0 Å². The summed E-state index contributed by atoms with van der Waals surface area (Å²) in [6.07, 6.45) is 2.48. The van der Waals surface area contributed by atoms with E-state index in [1.807, 2.05) is 13.8 Å². The number of ketones is 1. The molecule has 0 bridgehead atoms. The lowest BCUT2D eigenvalue weighted by Gasteiger charge is -2.24. The monoisotopic (exact) mass is 326 g/mol. The predicted molar refractivity (Wildman–Crippen MR) is 85.3 cm³/mol. The molecule has 130 valence electrons. The van der Waals surface area contributed by atoms with Crippen molar-refractivity contribution in [3.63, 3.8) is 0 Å². The van der Waals surface area contributed by atoms with E-state index in [0.717, 1.165) is 19.2 Å². The Morgan fingerprint density at radius 1 is 1.52 bits per heavy atom. The summed E-state index contributed by atoms with van der Waals surface area (Å²) < 4.78 is 11.3. The fraction of sp³-hybridized carbons (Fsp3) is 0.867. The van der Waals surface area contributed by atoms with Crippen molar-refractivity contribution >= 4 is 18.8 Å². The normalized spacial score (nSPS) is 28.9. The highest BCUT2D eigenvalue weighted by Crippen LogP contribution is 2.31. The molecule has 2 heterocycles. The second kappa shape index (κ2) is 7.30. The zero-order valence-electron chi connectivity index (χ0n) is 14.2. The van der Waals surface area contributed by atoms with Crippen LogP contribution in [0.3, 0.4) is 0 Å².